The van der Waals surface area contributed by atoms with Gasteiger partial charge in [0.05, 0.1) is 74.5 Å². The third kappa shape index (κ3) is 16.5. The summed E-state index contributed by atoms with van der Waals surface area (Å²) in [4.78, 5) is 51.6. The van der Waals surface area contributed by atoms with E-state index in [4.69, 9.17) is 28.4 Å². The molecule has 0 aromatic carbocycles. The Labute approximate surface area is 326 Å². The molecule has 2 saturated heterocycles. The minimum Gasteiger partial charge on any atom is -0.465 e. The molecule has 0 aromatic rings. The maximum atomic E-state index is 12.9. The van der Waals surface area contributed by atoms with Crippen LogP contribution < -0.4 is 0 Å². The van der Waals surface area contributed by atoms with E-state index in [-0.39, 0.29) is 48.3 Å². The molecule has 2 saturated carbocycles. The lowest BCUT2D eigenvalue weighted by molar-refractivity contribution is -0.162. The van der Waals surface area contributed by atoms with Gasteiger partial charge < -0.3 is 28.4 Å². The molecule has 0 radical (unpaired) electrons. The predicted molar refractivity (Wildman–Crippen MR) is 207 cm³/mol. The van der Waals surface area contributed by atoms with Gasteiger partial charge in [0.1, 0.15) is 0 Å². The van der Waals surface area contributed by atoms with Crippen molar-refractivity contribution >= 4 is 23.9 Å². The molecule has 0 N–H and O–H groups in total. The van der Waals surface area contributed by atoms with Crippen LogP contribution in [0.3, 0.4) is 0 Å². The van der Waals surface area contributed by atoms with Crippen molar-refractivity contribution in [1.82, 2.24) is 0 Å². The van der Waals surface area contributed by atoms with E-state index >= 15 is 0 Å². The number of esters is 4. The summed E-state index contributed by atoms with van der Waals surface area (Å²) < 4.78 is 33.8. The van der Waals surface area contributed by atoms with Crippen molar-refractivity contribution in [2.45, 2.75) is 205 Å². The van der Waals surface area contributed by atoms with Crippen LogP contribution in [0.25, 0.3) is 0 Å². The molecule has 0 bridgehead atoms. The Kier molecular flexibility index (Phi) is 21.3. The first-order chi connectivity index (χ1) is 26.4. The van der Waals surface area contributed by atoms with Crippen LogP contribution in [0.2, 0.25) is 0 Å². The largest absolute Gasteiger partial charge is 0.465 e. The molecule has 4 rings (SSSR count). The molecule has 0 aromatic heterocycles. The van der Waals surface area contributed by atoms with Gasteiger partial charge in [-0.3, -0.25) is 19.2 Å². The number of epoxide rings is 2. The molecule has 8 unspecified atom stereocenters. The van der Waals surface area contributed by atoms with Gasteiger partial charge in [0.15, 0.2) is 0 Å². The Morgan fingerprint density at radius 1 is 0.352 bits per heavy atom. The van der Waals surface area contributed by atoms with Crippen LogP contribution in [0.5, 0.6) is 0 Å². The molecular formula is C44H74O10. The van der Waals surface area contributed by atoms with E-state index in [9.17, 15) is 19.2 Å². The smallest absolute Gasteiger partial charge is 0.309 e. The fraction of sp³-hybridized carbons (Fsp3) is 0.909. The van der Waals surface area contributed by atoms with Crippen molar-refractivity contribution in [2.24, 2.45) is 23.7 Å². The number of carbonyl (C=O) groups is 4. The molecule has 10 heteroatoms. The van der Waals surface area contributed by atoms with Gasteiger partial charge in [-0.1, -0.05) is 129 Å². The Morgan fingerprint density at radius 3 is 0.778 bits per heavy atom. The minimum absolute atomic E-state index is 0.0846. The van der Waals surface area contributed by atoms with Gasteiger partial charge in [-0.05, 0) is 51.4 Å². The average molecular weight is 763 g/mol. The third-order valence-electron chi connectivity index (χ3n) is 12.0. The zero-order chi connectivity index (χ0) is 38.4. The molecule has 0 spiro atoms. The summed E-state index contributed by atoms with van der Waals surface area (Å²) in [6.45, 7) is 6.04. The van der Waals surface area contributed by atoms with Gasteiger partial charge in [-0.2, -0.15) is 0 Å². The maximum absolute atomic E-state index is 12.9. The summed E-state index contributed by atoms with van der Waals surface area (Å²) in [7, 11) is 0. The lowest BCUT2D eigenvalue weighted by Gasteiger charge is -2.26. The zero-order valence-electron chi connectivity index (χ0n) is 33.9. The standard InChI is InChI=1S/C44H74O10/c1-3-5-7-9-17-21-25-49-41(45)33-29-37-39(53-37)31-35(33)43(47)51-27-23-19-15-13-11-12-14-16-20-24-28-52-44(48)36-32-40-38(54-40)30-34(36)42(46)50-26-22-18-10-8-6-4-2/h33-40H,3-32H2,1-2H3. The third-order valence-corrected chi connectivity index (χ3v) is 12.0. The quantitative estimate of drug-likeness (QED) is 0.0291. The van der Waals surface area contributed by atoms with E-state index in [0.29, 0.717) is 52.1 Å². The van der Waals surface area contributed by atoms with E-state index in [2.05, 4.69) is 13.8 Å². The molecule has 2 heterocycles. The zero-order valence-corrected chi connectivity index (χ0v) is 33.9. The Balaban J connectivity index is 0.953. The highest BCUT2D eigenvalue weighted by Crippen LogP contribution is 2.45. The van der Waals surface area contributed by atoms with Crippen molar-refractivity contribution in [3.05, 3.63) is 0 Å². The van der Waals surface area contributed by atoms with Crippen molar-refractivity contribution in [3.8, 4) is 0 Å². The fourth-order valence-electron chi connectivity index (χ4n) is 8.39. The van der Waals surface area contributed by atoms with Crippen molar-refractivity contribution < 1.29 is 47.6 Å². The van der Waals surface area contributed by atoms with Gasteiger partial charge in [0, 0.05) is 0 Å². The van der Waals surface area contributed by atoms with Crippen LogP contribution in [-0.4, -0.2) is 74.7 Å². The molecule has 2 aliphatic carbocycles. The summed E-state index contributed by atoms with van der Waals surface area (Å²) in [5.41, 5.74) is 0. The normalized spacial score (nSPS) is 26.6. The highest BCUT2D eigenvalue weighted by Gasteiger charge is 2.54. The first-order valence-corrected chi connectivity index (χ1v) is 22.4. The van der Waals surface area contributed by atoms with Crippen LogP contribution in [0, 0.1) is 23.7 Å². The summed E-state index contributed by atoms with van der Waals surface area (Å²) >= 11 is 0. The van der Waals surface area contributed by atoms with Crippen LogP contribution in [0.1, 0.15) is 181 Å². The maximum Gasteiger partial charge on any atom is 0.309 e. The second-order valence-electron chi connectivity index (χ2n) is 16.5. The number of rotatable bonds is 31. The van der Waals surface area contributed by atoms with Gasteiger partial charge in [-0.25, -0.2) is 0 Å². The number of ether oxygens (including phenoxy) is 6. The number of unbranched alkanes of at least 4 members (excludes halogenated alkanes) is 19. The summed E-state index contributed by atoms with van der Waals surface area (Å²) in [6.07, 6.45) is 26.8. The summed E-state index contributed by atoms with van der Waals surface area (Å²) in [5.74, 6) is -2.91. The topological polar surface area (TPSA) is 130 Å². The van der Waals surface area contributed by atoms with Gasteiger partial charge in [0.25, 0.3) is 0 Å². The number of carbonyl (C=O) groups excluding carboxylic acids is 4. The Hall–Kier alpha value is -2.20. The fourth-order valence-corrected chi connectivity index (χ4v) is 8.39. The van der Waals surface area contributed by atoms with Crippen LogP contribution >= 0.6 is 0 Å². The highest BCUT2D eigenvalue weighted by molar-refractivity contribution is 5.83. The van der Waals surface area contributed by atoms with Gasteiger partial charge in [0.2, 0.25) is 0 Å². The summed E-state index contributed by atoms with van der Waals surface area (Å²) in [6, 6.07) is 0. The molecule has 10 nitrogen and oxygen atoms in total. The van der Waals surface area contributed by atoms with Crippen molar-refractivity contribution in [3.63, 3.8) is 0 Å². The summed E-state index contributed by atoms with van der Waals surface area (Å²) in [5, 5.41) is 0. The minimum atomic E-state index is -0.460. The van der Waals surface area contributed by atoms with Crippen LogP contribution in [-0.2, 0) is 47.6 Å². The Morgan fingerprint density at radius 2 is 0.556 bits per heavy atom. The molecule has 4 fully saturated rings. The van der Waals surface area contributed by atoms with Crippen LogP contribution in [0.15, 0.2) is 0 Å². The van der Waals surface area contributed by atoms with Gasteiger partial charge in [-0.15, -0.1) is 0 Å². The lowest BCUT2D eigenvalue weighted by Crippen LogP contribution is -2.37. The average Bonchev–Trinajstić information content (AvgIpc) is 4.11. The molecule has 0 amide bonds. The first-order valence-electron chi connectivity index (χ1n) is 22.4. The predicted octanol–water partition coefficient (Wildman–Crippen LogP) is 9.37. The van der Waals surface area contributed by atoms with E-state index < -0.39 is 23.7 Å². The van der Waals surface area contributed by atoms with Gasteiger partial charge >= 0.3 is 23.9 Å². The van der Waals surface area contributed by atoms with E-state index in [0.717, 1.165) is 77.0 Å². The van der Waals surface area contributed by atoms with Crippen molar-refractivity contribution in [2.75, 3.05) is 26.4 Å². The molecule has 8 atom stereocenters. The first kappa shape index (κ1) is 44.5. The lowest BCUT2D eigenvalue weighted by atomic mass is 9.79. The molecule has 4 aliphatic rings. The molecule has 2 aliphatic heterocycles. The van der Waals surface area contributed by atoms with Crippen LogP contribution in [0.4, 0.5) is 0 Å². The molecule has 54 heavy (non-hydrogen) atoms. The Bertz CT molecular complexity index is 1010. The van der Waals surface area contributed by atoms with E-state index in [1.165, 1.54) is 64.2 Å². The molecule has 310 valence electrons. The monoisotopic (exact) mass is 763 g/mol. The number of hydrogen-bond donors (Lipinski definition) is 0. The molecular weight excluding hydrogens is 688 g/mol. The van der Waals surface area contributed by atoms with E-state index in [1.54, 1.807) is 0 Å². The van der Waals surface area contributed by atoms with Crippen molar-refractivity contribution in [1.29, 1.82) is 0 Å². The second-order valence-corrected chi connectivity index (χ2v) is 16.5. The number of fused-ring (bicyclic) bond motifs is 2. The van der Waals surface area contributed by atoms with E-state index in [1.807, 2.05) is 0 Å². The highest BCUT2D eigenvalue weighted by atomic mass is 16.6. The SMILES string of the molecule is CCCCCCCCOC(=O)C1CC2OC2CC1C(=O)OCCCCCCCCCCCCOC(=O)C1CC2OC2CC1C(=O)OCCCCCCCC. The second kappa shape index (κ2) is 25.9. The number of hydrogen-bond acceptors (Lipinski definition) is 10.